The number of nitrogens with zero attached hydrogens (tertiary/aromatic N) is 5. The van der Waals surface area contributed by atoms with Crippen LogP contribution in [-0.4, -0.2) is 75.5 Å². The Labute approximate surface area is 182 Å². The number of likely N-dealkylation sites (tertiary alicyclic amines) is 1. The second-order valence-electron chi connectivity index (χ2n) is 7.29. The van der Waals surface area contributed by atoms with Crippen LogP contribution in [0.1, 0.15) is 12.8 Å². The molecule has 2 aromatic rings. The molecular weight excluding hydrogens is 429 g/mol. The van der Waals surface area contributed by atoms with E-state index in [9.17, 15) is 22.8 Å². The second kappa shape index (κ2) is 10.3. The van der Waals surface area contributed by atoms with Crippen LogP contribution in [0.3, 0.4) is 0 Å². The van der Waals surface area contributed by atoms with Crippen LogP contribution in [0.15, 0.2) is 43.0 Å². The summed E-state index contributed by atoms with van der Waals surface area (Å²) >= 11 is 0. The lowest BCUT2D eigenvalue weighted by atomic mass is 10.0. The highest BCUT2D eigenvalue weighted by molar-refractivity contribution is 5.92. The third-order valence-electron chi connectivity index (χ3n) is 4.92. The van der Waals surface area contributed by atoms with Gasteiger partial charge in [-0.05, 0) is 43.7 Å². The Morgan fingerprint density at radius 3 is 2.72 bits per heavy atom. The lowest BCUT2D eigenvalue weighted by Crippen LogP contribution is -2.49. The summed E-state index contributed by atoms with van der Waals surface area (Å²) in [5.41, 5.74) is 0.364. The van der Waals surface area contributed by atoms with E-state index in [0.29, 0.717) is 18.8 Å². The zero-order chi connectivity index (χ0) is 23.1. The Hall–Kier alpha value is -3.41. The monoisotopic (exact) mass is 452 g/mol. The molecule has 0 spiro atoms. The summed E-state index contributed by atoms with van der Waals surface area (Å²) in [6.07, 6.45) is 2.65. The molecule has 2 amide bonds. The van der Waals surface area contributed by atoms with E-state index in [1.807, 2.05) is 4.90 Å². The summed E-state index contributed by atoms with van der Waals surface area (Å²) in [7, 11) is 1.72. The molecule has 1 aromatic heterocycles. The van der Waals surface area contributed by atoms with Gasteiger partial charge < -0.3 is 15.0 Å². The summed E-state index contributed by atoms with van der Waals surface area (Å²) in [5.74, 6) is -0.840. The first-order valence-corrected chi connectivity index (χ1v) is 9.87. The number of anilines is 1. The van der Waals surface area contributed by atoms with E-state index in [4.69, 9.17) is 0 Å². The Morgan fingerprint density at radius 2 is 2.06 bits per heavy atom. The fourth-order valence-corrected chi connectivity index (χ4v) is 3.37. The number of hydrogen-bond donors (Lipinski definition) is 1. The molecule has 1 fully saturated rings. The summed E-state index contributed by atoms with van der Waals surface area (Å²) in [4.78, 5) is 32.2. The molecule has 1 atom stereocenters. The van der Waals surface area contributed by atoms with Gasteiger partial charge in [-0.25, -0.2) is 9.67 Å². The van der Waals surface area contributed by atoms with Crippen molar-refractivity contribution in [3.8, 4) is 5.75 Å². The van der Waals surface area contributed by atoms with E-state index in [1.54, 1.807) is 11.9 Å². The van der Waals surface area contributed by atoms with Crippen LogP contribution in [0.5, 0.6) is 5.75 Å². The molecule has 9 nitrogen and oxygen atoms in total. The fraction of sp³-hybridized carbons (Fsp3) is 0.400. The third kappa shape index (κ3) is 7.08. The standard InChI is InChI=1S/C20H23F3N6O3/c1-27(19(31)8-10-29-14-24-13-25-29)16-3-2-9-28(11-16)12-18(30)26-15-4-6-17(7-5-15)32-20(21,22)23/h4-8,10,13-14,16H,2-3,9,11-12H2,1H3,(H,26,30)/b10-8+/t16-/m0/s1. The maximum atomic E-state index is 12.4. The van der Waals surface area contributed by atoms with Crippen molar-refractivity contribution >= 4 is 23.7 Å². The van der Waals surface area contributed by atoms with Crippen LogP contribution in [0, 0.1) is 0 Å². The van der Waals surface area contributed by atoms with E-state index in [0.717, 1.165) is 25.0 Å². The van der Waals surface area contributed by atoms with Crippen molar-refractivity contribution < 1.29 is 27.5 Å². The highest BCUT2D eigenvalue weighted by atomic mass is 19.4. The van der Waals surface area contributed by atoms with Gasteiger partial charge in [0, 0.05) is 37.6 Å². The number of alkyl halides is 3. The van der Waals surface area contributed by atoms with Gasteiger partial charge in [0.05, 0.1) is 6.54 Å². The van der Waals surface area contributed by atoms with Crippen molar-refractivity contribution in [2.45, 2.75) is 25.2 Å². The van der Waals surface area contributed by atoms with Crippen molar-refractivity contribution in [3.63, 3.8) is 0 Å². The molecule has 1 aliphatic rings. The minimum absolute atomic E-state index is 0.0525. The first kappa shape index (κ1) is 23.3. The van der Waals surface area contributed by atoms with Gasteiger partial charge in [0.2, 0.25) is 11.8 Å². The molecule has 0 unspecified atom stereocenters. The zero-order valence-electron chi connectivity index (χ0n) is 17.3. The van der Waals surface area contributed by atoms with Gasteiger partial charge in [0.25, 0.3) is 0 Å². The number of aromatic nitrogens is 3. The number of carbonyl (C=O) groups is 2. The van der Waals surface area contributed by atoms with Crippen LogP contribution in [0.25, 0.3) is 6.20 Å². The molecule has 1 aliphatic heterocycles. The van der Waals surface area contributed by atoms with Crippen molar-refractivity contribution in [3.05, 3.63) is 43.0 Å². The van der Waals surface area contributed by atoms with Crippen LogP contribution >= 0.6 is 0 Å². The predicted molar refractivity (Wildman–Crippen MR) is 109 cm³/mol. The molecule has 172 valence electrons. The normalized spacial score (nSPS) is 17.3. The Morgan fingerprint density at radius 1 is 1.31 bits per heavy atom. The number of carbonyl (C=O) groups excluding carboxylic acids is 2. The summed E-state index contributed by atoms with van der Waals surface area (Å²) < 4.78 is 41.9. The Balaban J connectivity index is 1.48. The van der Waals surface area contributed by atoms with Crippen LogP contribution < -0.4 is 10.1 Å². The molecule has 0 saturated carbocycles. The second-order valence-corrected chi connectivity index (χ2v) is 7.29. The van der Waals surface area contributed by atoms with Crippen LogP contribution in [-0.2, 0) is 9.59 Å². The molecular formula is C20H23F3N6O3. The van der Waals surface area contributed by atoms with E-state index >= 15 is 0 Å². The number of benzene rings is 1. The van der Waals surface area contributed by atoms with Crippen molar-refractivity contribution in [2.24, 2.45) is 0 Å². The van der Waals surface area contributed by atoms with Crippen LogP contribution in [0.2, 0.25) is 0 Å². The van der Waals surface area contributed by atoms with Crippen LogP contribution in [0.4, 0.5) is 18.9 Å². The number of piperidine rings is 1. The molecule has 0 aliphatic carbocycles. The maximum Gasteiger partial charge on any atom is 0.573 e. The highest BCUT2D eigenvalue weighted by Gasteiger charge is 2.31. The fourth-order valence-electron chi connectivity index (χ4n) is 3.37. The average Bonchev–Trinajstić information content (AvgIpc) is 3.25. The van der Waals surface area contributed by atoms with E-state index in [2.05, 4.69) is 20.1 Å². The van der Waals surface area contributed by atoms with E-state index < -0.39 is 6.36 Å². The van der Waals surface area contributed by atoms with Gasteiger partial charge in [-0.3, -0.25) is 14.5 Å². The molecule has 1 saturated heterocycles. The van der Waals surface area contributed by atoms with E-state index in [-0.39, 0.29) is 30.2 Å². The molecule has 2 heterocycles. The molecule has 1 aromatic carbocycles. The maximum absolute atomic E-state index is 12.4. The number of rotatable bonds is 7. The van der Waals surface area contributed by atoms with Gasteiger partial charge in [-0.1, -0.05) is 0 Å². The lowest BCUT2D eigenvalue weighted by Gasteiger charge is -2.37. The molecule has 0 bridgehead atoms. The number of hydrogen-bond acceptors (Lipinski definition) is 6. The number of halogens is 3. The molecule has 1 N–H and O–H groups in total. The predicted octanol–water partition coefficient (Wildman–Crippen LogP) is 2.21. The number of likely N-dealkylation sites (N-methyl/N-ethyl adjacent to an activating group) is 1. The Bertz CT molecular complexity index is 931. The van der Waals surface area contributed by atoms with Crippen molar-refractivity contribution in [1.82, 2.24) is 24.6 Å². The van der Waals surface area contributed by atoms with Crippen molar-refractivity contribution in [1.29, 1.82) is 0 Å². The quantitative estimate of drug-likeness (QED) is 0.648. The minimum atomic E-state index is -4.77. The average molecular weight is 452 g/mol. The number of nitrogens with one attached hydrogen (secondary N) is 1. The minimum Gasteiger partial charge on any atom is -0.406 e. The van der Waals surface area contributed by atoms with Crippen molar-refractivity contribution in [2.75, 3.05) is 32.0 Å². The number of ether oxygens (including phenoxy) is 1. The van der Waals surface area contributed by atoms with Gasteiger partial charge >= 0.3 is 6.36 Å². The largest absolute Gasteiger partial charge is 0.573 e. The Kier molecular flexibility index (Phi) is 7.46. The van der Waals surface area contributed by atoms with Gasteiger partial charge in [-0.2, -0.15) is 5.10 Å². The summed E-state index contributed by atoms with van der Waals surface area (Å²) in [6, 6.07) is 4.89. The highest BCUT2D eigenvalue weighted by Crippen LogP contribution is 2.24. The third-order valence-corrected chi connectivity index (χ3v) is 4.92. The van der Waals surface area contributed by atoms with Gasteiger partial charge in [0.15, 0.2) is 0 Å². The summed E-state index contributed by atoms with van der Waals surface area (Å²) in [5, 5.41) is 6.56. The first-order valence-electron chi connectivity index (χ1n) is 9.87. The number of amides is 2. The smallest absolute Gasteiger partial charge is 0.406 e. The van der Waals surface area contributed by atoms with Gasteiger partial charge in [-0.15, -0.1) is 13.2 Å². The first-order chi connectivity index (χ1) is 15.2. The summed E-state index contributed by atoms with van der Waals surface area (Å²) in [6.45, 7) is 1.35. The SMILES string of the molecule is CN(C(=O)/C=C/n1cncn1)[C@H]1CCCN(CC(=O)Nc2ccc(OC(F)(F)F)cc2)C1. The molecule has 3 rings (SSSR count). The van der Waals surface area contributed by atoms with Gasteiger partial charge in [0.1, 0.15) is 18.4 Å². The molecule has 0 radical (unpaired) electrons. The molecule has 12 heteroatoms. The topological polar surface area (TPSA) is 92.6 Å². The molecule has 32 heavy (non-hydrogen) atoms. The zero-order valence-corrected chi connectivity index (χ0v) is 17.3. The lowest BCUT2D eigenvalue weighted by molar-refractivity contribution is -0.274. The van der Waals surface area contributed by atoms with E-state index in [1.165, 1.54) is 41.7 Å².